The van der Waals surface area contributed by atoms with Gasteiger partial charge in [-0.15, -0.1) is 0 Å². The van der Waals surface area contributed by atoms with Crippen LogP contribution in [0.1, 0.15) is 22.3 Å². The molecule has 0 fully saturated rings. The smallest absolute Gasteiger partial charge is 0.328 e. The van der Waals surface area contributed by atoms with Gasteiger partial charge in [0.1, 0.15) is 11.8 Å². The molecule has 0 spiro atoms. The first-order valence-electron chi connectivity index (χ1n) is 9.70. The van der Waals surface area contributed by atoms with E-state index in [-0.39, 0.29) is 33.6 Å². The predicted octanol–water partition coefficient (Wildman–Crippen LogP) is 4.24. The van der Waals surface area contributed by atoms with Gasteiger partial charge in [-0.1, -0.05) is 53.6 Å². The third kappa shape index (κ3) is 6.68. The maximum Gasteiger partial charge on any atom is 0.328 e. The molecule has 0 aliphatic heterocycles. The molecule has 0 aliphatic carbocycles. The molecule has 1 aromatic heterocycles. The predicted molar refractivity (Wildman–Crippen MR) is 125 cm³/mol. The van der Waals surface area contributed by atoms with Gasteiger partial charge in [-0.25, -0.2) is 9.78 Å². The van der Waals surface area contributed by atoms with Crippen LogP contribution in [-0.4, -0.2) is 35.0 Å². The Morgan fingerprint density at radius 1 is 1.12 bits per heavy atom. The maximum absolute atomic E-state index is 12.6. The summed E-state index contributed by atoms with van der Waals surface area (Å²) < 4.78 is 10.3. The highest BCUT2D eigenvalue weighted by molar-refractivity contribution is 6.39. The summed E-state index contributed by atoms with van der Waals surface area (Å²) in [5.74, 6) is -0.703. The Bertz CT molecular complexity index is 1210. The van der Waals surface area contributed by atoms with Crippen LogP contribution >= 0.6 is 23.2 Å². The van der Waals surface area contributed by atoms with Crippen molar-refractivity contribution in [1.29, 1.82) is 0 Å². The summed E-state index contributed by atoms with van der Waals surface area (Å²) in [6.07, 6.45) is 5.02. The van der Waals surface area contributed by atoms with Crippen LogP contribution < -0.4 is 15.6 Å². The van der Waals surface area contributed by atoms with E-state index in [2.05, 4.69) is 15.3 Å². The highest BCUT2D eigenvalue weighted by atomic mass is 35.5. The Kier molecular flexibility index (Phi) is 8.23. The molecule has 8 nitrogen and oxygen atoms in total. The van der Waals surface area contributed by atoms with E-state index in [1.165, 1.54) is 31.5 Å². The number of halogens is 2. The van der Waals surface area contributed by atoms with Crippen LogP contribution in [0.5, 0.6) is 11.8 Å². The highest BCUT2D eigenvalue weighted by Crippen LogP contribution is 2.24. The van der Waals surface area contributed by atoms with Crippen LogP contribution in [0.15, 0.2) is 65.6 Å². The zero-order valence-electron chi connectivity index (χ0n) is 17.4. The number of nitrogens with one attached hydrogen (secondary N) is 2. The molecule has 10 heteroatoms. The molecule has 0 saturated carbocycles. The number of carbonyl (C=O) groups is 2. The SMILES string of the molecule is COC(=O)C(C/C=C/c1ccc(Oc2nccc(=O)[nH]2)cc1)NC(=O)c1c(Cl)cccc1Cl. The Balaban J connectivity index is 1.64. The van der Waals surface area contributed by atoms with Crippen LogP contribution in [0.4, 0.5) is 0 Å². The molecular formula is C23H19Cl2N3O5. The molecule has 3 rings (SSSR count). The molecule has 0 saturated heterocycles. The summed E-state index contributed by atoms with van der Waals surface area (Å²) >= 11 is 12.1. The number of methoxy groups -OCH3 is 1. The van der Waals surface area contributed by atoms with Gasteiger partial charge in [-0.3, -0.25) is 14.6 Å². The molecule has 0 bridgehead atoms. The number of aromatic amines is 1. The average molecular weight is 488 g/mol. The molecule has 33 heavy (non-hydrogen) atoms. The Hall–Kier alpha value is -3.62. The third-order valence-corrected chi connectivity index (χ3v) is 5.04. The second-order valence-corrected chi connectivity index (χ2v) is 7.51. The van der Waals surface area contributed by atoms with Gasteiger partial charge < -0.3 is 14.8 Å². The monoisotopic (exact) mass is 487 g/mol. The van der Waals surface area contributed by atoms with Gasteiger partial charge in [0.25, 0.3) is 11.5 Å². The molecule has 1 amide bonds. The van der Waals surface area contributed by atoms with Gasteiger partial charge in [0.2, 0.25) is 0 Å². The van der Waals surface area contributed by atoms with Crippen molar-refractivity contribution >= 4 is 41.2 Å². The fourth-order valence-corrected chi connectivity index (χ4v) is 3.37. The Labute approximate surface area is 199 Å². The van der Waals surface area contributed by atoms with Gasteiger partial charge in [-0.2, -0.15) is 0 Å². The first-order chi connectivity index (χ1) is 15.9. The minimum atomic E-state index is -0.935. The summed E-state index contributed by atoms with van der Waals surface area (Å²) in [6, 6.07) is 12.1. The van der Waals surface area contributed by atoms with Crippen molar-refractivity contribution in [2.45, 2.75) is 12.5 Å². The lowest BCUT2D eigenvalue weighted by Gasteiger charge is -2.16. The van der Waals surface area contributed by atoms with Crippen LogP contribution in [0, 0.1) is 0 Å². The normalized spacial score (nSPS) is 11.7. The van der Waals surface area contributed by atoms with Gasteiger partial charge in [0.15, 0.2) is 0 Å². The molecule has 1 atom stereocenters. The highest BCUT2D eigenvalue weighted by Gasteiger charge is 2.23. The minimum Gasteiger partial charge on any atom is -0.467 e. The quantitative estimate of drug-likeness (QED) is 0.459. The molecule has 1 heterocycles. The summed E-state index contributed by atoms with van der Waals surface area (Å²) in [7, 11) is 1.24. The zero-order chi connectivity index (χ0) is 23.8. The summed E-state index contributed by atoms with van der Waals surface area (Å²) in [6.45, 7) is 0. The number of benzene rings is 2. The molecule has 0 radical (unpaired) electrons. The Morgan fingerprint density at radius 3 is 2.45 bits per heavy atom. The standard InChI is InChI=1S/C23H19Cl2N3O5/c1-32-22(31)18(27-21(30)20-16(24)5-3-6-17(20)25)7-2-4-14-8-10-15(11-9-14)33-23-26-13-12-19(29)28-23/h2-6,8-13,18H,7H2,1H3,(H,27,30)(H,26,28,29)/b4-2+. The van der Waals surface area contributed by atoms with Crippen molar-refractivity contribution in [2.75, 3.05) is 7.11 Å². The van der Waals surface area contributed by atoms with Crippen molar-refractivity contribution in [2.24, 2.45) is 0 Å². The zero-order valence-corrected chi connectivity index (χ0v) is 18.9. The van der Waals surface area contributed by atoms with E-state index in [0.717, 1.165) is 5.56 Å². The number of nitrogens with zero attached hydrogens (tertiary/aromatic N) is 1. The molecule has 0 aliphatic rings. The number of aromatic nitrogens is 2. The number of hydrogen-bond donors (Lipinski definition) is 2. The van der Waals surface area contributed by atoms with Gasteiger partial charge in [0.05, 0.1) is 22.7 Å². The molecular weight excluding hydrogens is 469 g/mol. The van der Waals surface area contributed by atoms with Crippen LogP contribution in [0.25, 0.3) is 6.08 Å². The lowest BCUT2D eigenvalue weighted by Crippen LogP contribution is -2.41. The molecule has 2 aromatic carbocycles. The van der Waals surface area contributed by atoms with Crippen molar-refractivity contribution in [3.05, 3.63) is 92.3 Å². The first kappa shape index (κ1) is 24.0. The number of esters is 1. The Morgan fingerprint density at radius 2 is 1.82 bits per heavy atom. The van der Waals surface area contributed by atoms with Crippen molar-refractivity contribution in [1.82, 2.24) is 15.3 Å². The number of ether oxygens (including phenoxy) is 2. The average Bonchev–Trinajstić information content (AvgIpc) is 2.79. The van der Waals surface area contributed by atoms with E-state index in [1.807, 2.05) is 0 Å². The fourth-order valence-electron chi connectivity index (χ4n) is 2.80. The number of rotatable bonds is 8. The lowest BCUT2D eigenvalue weighted by molar-refractivity contribution is -0.142. The van der Waals surface area contributed by atoms with Crippen LogP contribution in [-0.2, 0) is 9.53 Å². The largest absolute Gasteiger partial charge is 0.467 e. The number of H-pyrrole nitrogens is 1. The van der Waals surface area contributed by atoms with Crippen LogP contribution in [0.3, 0.4) is 0 Å². The summed E-state index contributed by atoms with van der Waals surface area (Å²) in [5.41, 5.74) is 0.591. The minimum absolute atomic E-state index is 0.0843. The van der Waals surface area contributed by atoms with E-state index in [4.69, 9.17) is 32.7 Å². The third-order valence-electron chi connectivity index (χ3n) is 4.41. The van der Waals surface area contributed by atoms with E-state index < -0.39 is 17.9 Å². The molecule has 1 unspecified atom stereocenters. The van der Waals surface area contributed by atoms with Gasteiger partial charge >= 0.3 is 12.0 Å². The molecule has 170 valence electrons. The topological polar surface area (TPSA) is 110 Å². The van der Waals surface area contributed by atoms with E-state index in [9.17, 15) is 14.4 Å². The maximum atomic E-state index is 12.6. The second-order valence-electron chi connectivity index (χ2n) is 6.69. The van der Waals surface area contributed by atoms with E-state index in [0.29, 0.717) is 5.75 Å². The van der Waals surface area contributed by atoms with Gasteiger partial charge in [-0.05, 0) is 36.2 Å². The lowest BCUT2D eigenvalue weighted by atomic mass is 10.1. The van der Waals surface area contributed by atoms with Crippen molar-refractivity contribution in [3.63, 3.8) is 0 Å². The first-order valence-corrected chi connectivity index (χ1v) is 10.5. The van der Waals surface area contributed by atoms with E-state index >= 15 is 0 Å². The summed E-state index contributed by atoms with van der Waals surface area (Å²) in [5, 5.41) is 2.96. The number of hydrogen-bond acceptors (Lipinski definition) is 6. The van der Waals surface area contributed by atoms with Crippen LogP contribution in [0.2, 0.25) is 10.0 Å². The van der Waals surface area contributed by atoms with E-state index in [1.54, 1.807) is 42.5 Å². The molecule has 3 aromatic rings. The molecule has 2 N–H and O–H groups in total. The number of carbonyl (C=O) groups excluding carboxylic acids is 2. The summed E-state index contributed by atoms with van der Waals surface area (Å²) in [4.78, 5) is 42.4. The van der Waals surface area contributed by atoms with Crippen molar-refractivity contribution < 1.29 is 19.1 Å². The van der Waals surface area contributed by atoms with Gasteiger partial charge in [0, 0.05) is 12.3 Å². The van der Waals surface area contributed by atoms with Crippen molar-refractivity contribution in [3.8, 4) is 11.8 Å². The fraction of sp³-hybridized carbons (Fsp3) is 0.130. The second kappa shape index (κ2) is 11.3. The number of amides is 1.